The molecule has 0 bridgehead atoms. The molecule has 8 heteroatoms. The van der Waals surface area contributed by atoms with Crippen molar-refractivity contribution in [1.82, 2.24) is 4.72 Å². The van der Waals surface area contributed by atoms with Crippen LogP contribution in [0.2, 0.25) is 5.02 Å². The van der Waals surface area contributed by atoms with Gasteiger partial charge in [-0.05, 0) is 48.9 Å². The maximum Gasteiger partial charge on any atom is 0.255 e. The van der Waals surface area contributed by atoms with E-state index in [9.17, 15) is 13.2 Å². The van der Waals surface area contributed by atoms with Gasteiger partial charge in [-0.2, -0.15) is 0 Å². The summed E-state index contributed by atoms with van der Waals surface area (Å²) in [4.78, 5) is 12.3. The molecule has 0 radical (unpaired) electrons. The Balaban J connectivity index is 2.31. The van der Waals surface area contributed by atoms with Gasteiger partial charge in [-0.15, -0.1) is 0 Å². The summed E-state index contributed by atoms with van der Waals surface area (Å²) in [5.74, 6) is -0.261. The normalized spacial score (nSPS) is 11.2. The molecule has 0 fully saturated rings. The summed E-state index contributed by atoms with van der Waals surface area (Å²) in [6, 6.07) is 10.9. The van der Waals surface area contributed by atoms with Gasteiger partial charge in [-0.3, -0.25) is 4.79 Å². The third-order valence-electron chi connectivity index (χ3n) is 3.36. The first kappa shape index (κ1) is 19.2. The van der Waals surface area contributed by atoms with Crippen molar-refractivity contribution in [2.45, 2.75) is 18.2 Å². The van der Waals surface area contributed by atoms with Crippen LogP contribution in [0, 0.1) is 0 Å². The molecule has 2 aromatic carbocycles. The van der Waals surface area contributed by atoms with Crippen molar-refractivity contribution in [3.05, 3.63) is 53.1 Å². The molecule has 0 unspecified atom stereocenters. The van der Waals surface area contributed by atoms with Gasteiger partial charge in [0.25, 0.3) is 5.91 Å². The van der Waals surface area contributed by atoms with Gasteiger partial charge < -0.3 is 10.1 Å². The van der Waals surface area contributed by atoms with Crippen molar-refractivity contribution in [2.24, 2.45) is 0 Å². The highest BCUT2D eigenvalue weighted by Crippen LogP contribution is 2.25. The third-order valence-corrected chi connectivity index (χ3v) is 5.09. The second-order valence-electron chi connectivity index (χ2n) is 5.22. The molecule has 0 heterocycles. The van der Waals surface area contributed by atoms with Crippen LogP contribution in [-0.4, -0.2) is 28.0 Å². The minimum Gasteiger partial charge on any atom is -0.495 e. The molecule has 0 saturated carbocycles. The summed E-state index contributed by atoms with van der Waals surface area (Å²) in [6.07, 6.45) is 0.651. The van der Waals surface area contributed by atoms with Crippen LogP contribution >= 0.6 is 11.6 Å². The highest BCUT2D eigenvalue weighted by molar-refractivity contribution is 7.89. The number of benzene rings is 2. The Hall–Kier alpha value is -2.09. The molecule has 0 atom stereocenters. The Bertz CT molecular complexity index is 851. The van der Waals surface area contributed by atoms with E-state index in [1.54, 1.807) is 24.3 Å². The van der Waals surface area contributed by atoms with Gasteiger partial charge in [0.2, 0.25) is 10.0 Å². The lowest BCUT2D eigenvalue weighted by Gasteiger charge is -2.12. The van der Waals surface area contributed by atoms with Gasteiger partial charge in [0.15, 0.2) is 0 Å². The quantitative estimate of drug-likeness (QED) is 0.769. The average Bonchev–Trinajstić information content (AvgIpc) is 2.61. The number of anilines is 1. The van der Waals surface area contributed by atoms with Crippen molar-refractivity contribution in [2.75, 3.05) is 19.0 Å². The third kappa shape index (κ3) is 4.94. The molecule has 2 rings (SSSR count). The smallest absolute Gasteiger partial charge is 0.255 e. The minimum atomic E-state index is -3.77. The minimum absolute atomic E-state index is 0.0767. The Labute approximate surface area is 152 Å². The van der Waals surface area contributed by atoms with E-state index >= 15 is 0 Å². The van der Waals surface area contributed by atoms with E-state index in [0.717, 1.165) is 0 Å². The fourth-order valence-electron chi connectivity index (χ4n) is 2.08. The van der Waals surface area contributed by atoms with Gasteiger partial charge in [-0.1, -0.05) is 18.5 Å². The van der Waals surface area contributed by atoms with E-state index in [4.69, 9.17) is 16.3 Å². The molecular weight excluding hydrogens is 364 g/mol. The highest BCUT2D eigenvalue weighted by atomic mass is 35.5. The fraction of sp³-hybridized carbons (Fsp3) is 0.235. The van der Waals surface area contributed by atoms with Gasteiger partial charge in [0.1, 0.15) is 10.6 Å². The molecule has 134 valence electrons. The molecule has 25 heavy (non-hydrogen) atoms. The lowest BCUT2D eigenvalue weighted by atomic mass is 10.2. The number of carbonyl (C=O) groups excluding carboxylic acids is 1. The van der Waals surface area contributed by atoms with Crippen molar-refractivity contribution in [1.29, 1.82) is 0 Å². The van der Waals surface area contributed by atoms with Gasteiger partial charge >= 0.3 is 0 Å². The number of carbonyl (C=O) groups is 1. The van der Waals surface area contributed by atoms with Crippen molar-refractivity contribution < 1.29 is 17.9 Å². The molecule has 6 nitrogen and oxygen atoms in total. The number of halogens is 1. The predicted octanol–water partition coefficient (Wildman–Crippen LogP) is 3.29. The van der Waals surface area contributed by atoms with E-state index < -0.39 is 15.9 Å². The molecule has 1 amide bonds. The SMILES string of the molecule is CCCNS(=O)(=O)c1cc(C(=O)Nc2ccc(Cl)cc2)ccc1OC. The Kier molecular flexibility index (Phi) is 6.41. The summed E-state index contributed by atoms with van der Waals surface area (Å²) in [5, 5.41) is 3.24. The molecule has 2 aromatic rings. The molecule has 0 aliphatic carbocycles. The fourth-order valence-corrected chi connectivity index (χ4v) is 3.53. The number of ether oxygens (including phenoxy) is 1. The van der Waals surface area contributed by atoms with Crippen LogP contribution in [0.25, 0.3) is 0 Å². The van der Waals surface area contributed by atoms with Gasteiger partial charge in [0.05, 0.1) is 7.11 Å². The summed E-state index contributed by atoms with van der Waals surface area (Å²) < 4.78 is 32.4. The predicted molar refractivity (Wildman–Crippen MR) is 97.9 cm³/mol. The molecule has 0 aliphatic heterocycles. The van der Waals surface area contributed by atoms with E-state index in [-0.39, 0.29) is 16.2 Å². The molecule has 0 spiro atoms. The van der Waals surface area contributed by atoms with Crippen LogP contribution in [0.4, 0.5) is 5.69 Å². The van der Waals surface area contributed by atoms with Crippen LogP contribution in [-0.2, 0) is 10.0 Å². The van der Waals surface area contributed by atoms with Crippen molar-refractivity contribution in [3.63, 3.8) is 0 Å². The van der Waals surface area contributed by atoms with Crippen molar-refractivity contribution >= 4 is 33.2 Å². The van der Waals surface area contributed by atoms with E-state index in [1.807, 2.05) is 6.92 Å². The van der Waals surface area contributed by atoms with Crippen LogP contribution in [0.1, 0.15) is 23.7 Å². The molecule has 0 aromatic heterocycles. The van der Waals surface area contributed by atoms with Crippen LogP contribution in [0.5, 0.6) is 5.75 Å². The van der Waals surface area contributed by atoms with Crippen LogP contribution in [0.3, 0.4) is 0 Å². The number of rotatable bonds is 7. The maximum absolute atomic E-state index is 12.4. The first-order valence-electron chi connectivity index (χ1n) is 7.62. The highest BCUT2D eigenvalue weighted by Gasteiger charge is 2.21. The molecule has 0 saturated heterocycles. The zero-order valence-corrected chi connectivity index (χ0v) is 15.4. The number of amides is 1. The van der Waals surface area contributed by atoms with Crippen LogP contribution < -0.4 is 14.8 Å². The van der Waals surface area contributed by atoms with E-state index in [1.165, 1.54) is 25.3 Å². The number of nitrogens with one attached hydrogen (secondary N) is 2. The number of hydrogen-bond acceptors (Lipinski definition) is 4. The first-order valence-corrected chi connectivity index (χ1v) is 9.48. The summed E-state index contributed by atoms with van der Waals surface area (Å²) in [6.45, 7) is 2.16. The van der Waals surface area contributed by atoms with Gasteiger partial charge in [-0.25, -0.2) is 13.1 Å². The monoisotopic (exact) mass is 382 g/mol. The zero-order valence-electron chi connectivity index (χ0n) is 13.9. The Morgan fingerprint density at radius 1 is 1.16 bits per heavy atom. The Morgan fingerprint density at radius 2 is 1.84 bits per heavy atom. The largest absolute Gasteiger partial charge is 0.495 e. The summed E-state index contributed by atoms with van der Waals surface area (Å²) in [5.41, 5.74) is 0.756. The average molecular weight is 383 g/mol. The van der Waals surface area contributed by atoms with E-state index in [2.05, 4.69) is 10.0 Å². The van der Waals surface area contributed by atoms with E-state index in [0.29, 0.717) is 23.7 Å². The zero-order chi connectivity index (χ0) is 18.4. The number of sulfonamides is 1. The standard InChI is InChI=1S/C17H19ClN2O4S/c1-3-10-19-25(22,23)16-11-12(4-9-15(16)24-2)17(21)20-14-7-5-13(18)6-8-14/h4-9,11,19H,3,10H2,1-2H3,(H,20,21). The lowest BCUT2D eigenvalue weighted by Crippen LogP contribution is -2.25. The number of methoxy groups -OCH3 is 1. The maximum atomic E-state index is 12.4. The summed E-state index contributed by atoms with van der Waals surface area (Å²) >= 11 is 5.81. The second-order valence-corrected chi connectivity index (χ2v) is 7.40. The Morgan fingerprint density at radius 3 is 2.44 bits per heavy atom. The molecule has 2 N–H and O–H groups in total. The van der Waals surface area contributed by atoms with Gasteiger partial charge in [0, 0.05) is 22.8 Å². The summed E-state index contributed by atoms with van der Waals surface area (Å²) in [7, 11) is -2.40. The second kappa shape index (κ2) is 8.33. The van der Waals surface area contributed by atoms with Crippen molar-refractivity contribution in [3.8, 4) is 5.75 Å². The number of hydrogen-bond donors (Lipinski definition) is 2. The van der Waals surface area contributed by atoms with Crippen LogP contribution in [0.15, 0.2) is 47.4 Å². The lowest BCUT2D eigenvalue weighted by molar-refractivity contribution is 0.102. The molecular formula is C17H19ClN2O4S. The molecule has 0 aliphatic rings. The topological polar surface area (TPSA) is 84.5 Å². The first-order chi connectivity index (χ1) is 11.9.